The molecule has 0 saturated heterocycles. The Kier molecular flexibility index (Phi) is 3.30. The number of anilines is 1. The molecule has 0 aliphatic carbocycles. The third kappa shape index (κ3) is 2.51. The van der Waals surface area contributed by atoms with Gasteiger partial charge < -0.3 is 5.73 Å². The van der Waals surface area contributed by atoms with Crippen LogP contribution < -0.4 is 5.73 Å². The zero-order chi connectivity index (χ0) is 15.7. The van der Waals surface area contributed by atoms with Crippen LogP contribution in [-0.4, -0.2) is 19.9 Å². The van der Waals surface area contributed by atoms with E-state index in [0.29, 0.717) is 16.9 Å². The standard InChI is InChI=1S/C15H13N5O2/c1-10-5-6-12(16)8-15(10)19-9-14(17-18-19)11-3-2-4-13(7-11)20(21)22/h2-9H,16H2,1H3. The fourth-order valence-electron chi connectivity index (χ4n) is 2.17. The first kappa shape index (κ1) is 13.7. The molecule has 22 heavy (non-hydrogen) atoms. The molecule has 0 aliphatic heterocycles. The Bertz CT molecular complexity index is 857. The second-order valence-electron chi connectivity index (χ2n) is 4.90. The smallest absolute Gasteiger partial charge is 0.270 e. The van der Waals surface area contributed by atoms with Gasteiger partial charge >= 0.3 is 0 Å². The highest BCUT2D eigenvalue weighted by Gasteiger charge is 2.11. The molecule has 0 unspecified atom stereocenters. The normalized spacial score (nSPS) is 10.6. The first-order valence-corrected chi connectivity index (χ1v) is 6.58. The molecule has 7 heteroatoms. The third-order valence-electron chi connectivity index (χ3n) is 3.33. The number of benzene rings is 2. The molecule has 2 N–H and O–H groups in total. The van der Waals surface area contributed by atoms with Gasteiger partial charge in [-0.05, 0) is 24.6 Å². The lowest BCUT2D eigenvalue weighted by atomic mass is 10.1. The summed E-state index contributed by atoms with van der Waals surface area (Å²) in [6.45, 7) is 1.95. The van der Waals surface area contributed by atoms with Gasteiger partial charge in [-0.1, -0.05) is 23.4 Å². The highest BCUT2D eigenvalue weighted by molar-refractivity contribution is 5.62. The van der Waals surface area contributed by atoms with Gasteiger partial charge in [-0.15, -0.1) is 5.10 Å². The van der Waals surface area contributed by atoms with Crippen molar-refractivity contribution < 1.29 is 4.92 Å². The molecule has 1 heterocycles. The van der Waals surface area contributed by atoms with Crippen LogP contribution in [0, 0.1) is 17.0 Å². The fraction of sp³-hybridized carbons (Fsp3) is 0.0667. The Morgan fingerprint density at radius 1 is 1.23 bits per heavy atom. The number of hydrogen-bond donors (Lipinski definition) is 1. The van der Waals surface area contributed by atoms with Gasteiger partial charge in [0.1, 0.15) is 5.69 Å². The summed E-state index contributed by atoms with van der Waals surface area (Å²) in [5.41, 5.74) is 9.48. The lowest BCUT2D eigenvalue weighted by molar-refractivity contribution is -0.384. The summed E-state index contributed by atoms with van der Waals surface area (Å²) in [7, 11) is 0. The Labute approximate surface area is 126 Å². The van der Waals surface area contributed by atoms with Crippen molar-refractivity contribution in [2.45, 2.75) is 6.92 Å². The van der Waals surface area contributed by atoms with Crippen molar-refractivity contribution in [1.29, 1.82) is 0 Å². The van der Waals surface area contributed by atoms with Crippen LogP contribution in [0.4, 0.5) is 11.4 Å². The van der Waals surface area contributed by atoms with E-state index in [0.717, 1.165) is 11.3 Å². The predicted molar refractivity (Wildman–Crippen MR) is 82.6 cm³/mol. The largest absolute Gasteiger partial charge is 0.399 e. The van der Waals surface area contributed by atoms with Gasteiger partial charge in [-0.3, -0.25) is 10.1 Å². The van der Waals surface area contributed by atoms with Crippen LogP contribution in [0.5, 0.6) is 0 Å². The van der Waals surface area contributed by atoms with Gasteiger partial charge in [0.05, 0.1) is 16.8 Å². The molecule has 0 amide bonds. The molecule has 0 aliphatic rings. The minimum absolute atomic E-state index is 0.0205. The first-order valence-electron chi connectivity index (χ1n) is 6.58. The number of hydrogen-bond acceptors (Lipinski definition) is 5. The van der Waals surface area contributed by atoms with Gasteiger partial charge in [-0.2, -0.15) is 0 Å². The lowest BCUT2D eigenvalue weighted by Crippen LogP contribution is -1.99. The number of rotatable bonds is 3. The Morgan fingerprint density at radius 2 is 2.05 bits per heavy atom. The quantitative estimate of drug-likeness (QED) is 0.455. The van der Waals surface area contributed by atoms with Crippen molar-refractivity contribution >= 4 is 11.4 Å². The molecule has 3 rings (SSSR count). The molecular formula is C15H13N5O2. The van der Waals surface area contributed by atoms with E-state index in [9.17, 15) is 10.1 Å². The van der Waals surface area contributed by atoms with Crippen molar-refractivity contribution in [3.8, 4) is 16.9 Å². The number of aromatic nitrogens is 3. The second kappa shape index (κ2) is 5.28. The fourth-order valence-corrected chi connectivity index (χ4v) is 2.17. The molecule has 7 nitrogen and oxygen atoms in total. The molecule has 0 spiro atoms. The SMILES string of the molecule is Cc1ccc(N)cc1-n1cc(-c2cccc([N+](=O)[O-])c2)nn1. The van der Waals surface area contributed by atoms with Crippen molar-refractivity contribution in [2.75, 3.05) is 5.73 Å². The lowest BCUT2D eigenvalue weighted by Gasteiger charge is -2.05. The Hall–Kier alpha value is -3.22. The van der Waals surface area contributed by atoms with Gasteiger partial charge in [0.15, 0.2) is 0 Å². The number of nitrogens with zero attached hydrogens (tertiary/aromatic N) is 4. The maximum Gasteiger partial charge on any atom is 0.270 e. The molecule has 3 aromatic rings. The molecule has 0 fully saturated rings. The van der Waals surface area contributed by atoms with Crippen molar-refractivity contribution in [3.63, 3.8) is 0 Å². The zero-order valence-electron chi connectivity index (χ0n) is 11.8. The molecule has 0 saturated carbocycles. The highest BCUT2D eigenvalue weighted by atomic mass is 16.6. The van der Waals surface area contributed by atoms with Gasteiger partial charge in [0, 0.05) is 23.4 Å². The maximum absolute atomic E-state index is 10.8. The average molecular weight is 295 g/mol. The van der Waals surface area contributed by atoms with Crippen LogP contribution in [0.2, 0.25) is 0 Å². The number of nitro benzene ring substituents is 1. The summed E-state index contributed by atoms with van der Waals surface area (Å²) in [6, 6.07) is 11.8. The van der Waals surface area contributed by atoms with Crippen LogP contribution in [0.1, 0.15) is 5.56 Å². The Morgan fingerprint density at radius 3 is 2.82 bits per heavy atom. The van der Waals surface area contributed by atoms with E-state index >= 15 is 0 Å². The summed E-state index contributed by atoms with van der Waals surface area (Å²) in [5, 5.41) is 19.0. The number of aryl methyl sites for hydroxylation is 1. The van der Waals surface area contributed by atoms with Gasteiger partial charge in [0.25, 0.3) is 5.69 Å². The number of nitrogens with two attached hydrogens (primary N) is 1. The summed E-state index contributed by atoms with van der Waals surface area (Å²) < 4.78 is 1.61. The van der Waals surface area contributed by atoms with E-state index in [1.54, 1.807) is 29.1 Å². The molecule has 0 radical (unpaired) electrons. The van der Waals surface area contributed by atoms with Crippen molar-refractivity contribution in [3.05, 3.63) is 64.3 Å². The van der Waals surface area contributed by atoms with E-state index in [4.69, 9.17) is 5.73 Å². The minimum atomic E-state index is -0.435. The van der Waals surface area contributed by atoms with Crippen molar-refractivity contribution in [2.24, 2.45) is 0 Å². The number of nitro groups is 1. The van der Waals surface area contributed by atoms with E-state index in [1.165, 1.54) is 12.1 Å². The molecule has 2 aromatic carbocycles. The minimum Gasteiger partial charge on any atom is -0.399 e. The monoisotopic (exact) mass is 295 g/mol. The van der Waals surface area contributed by atoms with E-state index in [1.807, 2.05) is 19.1 Å². The summed E-state index contributed by atoms with van der Waals surface area (Å²) in [5.74, 6) is 0. The van der Waals surface area contributed by atoms with Crippen LogP contribution in [0.3, 0.4) is 0 Å². The number of non-ortho nitro benzene ring substituents is 1. The topological polar surface area (TPSA) is 99.9 Å². The molecule has 0 atom stereocenters. The van der Waals surface area contributed by atoms with E-state index in [-0.39, 0.29) is 5.69 Å². The Balaban J connectivity index is 2.02. The molecular weight excluding hydrogens is 282 g/mol. The molecule has 1 aromatic heterocycles. The molecule has 110 valence electrons. The summed E-state index contributed by atoms with van der Waals surface area (Å²) >= 11 is 0. The van der Waals surface area contributed by atoms with E-state index < -0.39 is 4.92 Å². The van der Waals surface area contributed by atoms with Crippen molar-refractivity contribution in [1.82, 2.24) is 15.0 Å². The zero-order valence-corrected chi connectivity index (χ0v) is 11.8. The van der Waals surface area contributed by atoms with Gasteiger partial charge in [-0.25, -0.2) is 4.68 Å². The summed E-state index contributed by atoms with van der Waals surface area (Å²) in [4.78, 5) is 10.4. The van der Waals surface area contributed by atoms with Crippen LogP contribution >= 0.6 is 0 Å². The predicted octanol–water partition coefficient (Wildman–Crippen LogP) is 2.73. The maximum atomic E-state index is 10.8. The first-order chi connectivity index (χ1) is 10.5. The third-order valence-corrected chi connectivity index (χ3v) is 3.33. The number of nitrogen functional groups attached to an aromatic ring is 1. The highest BCUT2D eigenvalue weighted by Crippen LogP contribution is 2.23. The summed E-state index contributed by atoms with van der Waals surface area (Å²) in [6.07, 6.45) is 1.72. The van der Waals surface area contributed by atoms with E-state index in [2.05, 4.69) is 10.3 Å². The second-order valence-corrected chi connectivity index (χ2v) is 4.90. The molecule has 0 bridgehead atoms. The van der Waals surface area contributed by atoms with Crippen LogP contribution in [-0.2, 0) is 0 Å². The van der Waals surface area contributed by atoms with Crippen LogP contribution in [0.15, 0.2) is 48.7 Å². The van der Waals surface area contributed by atoms with Gasteiger partial charge in [0.2, 0.25) is 0 Å². The van der Waals surface area contributed by atoms with Crippen LogP contribution in [0.25, 0.3) is 16.9 Å². The average Bonchev–Trinajstić information content (AvgIpc) is 2.99.